The summed E-state index contributed by atoms with van der Waals surface area (Å²) in [6, 6.07) is 13.6. The highest BCUT2D eigenvalue weighted by molar-refractivity contribution is 5.89. The van der Waals surface area contributed by atoms with E-state index in [0.29, 0.717) is 0 Å². The average molecular weight is 525 g/mol. The Labute approximate surface area is 222 Å². The number of carboxylic acids is 1. The molecule has 0 unspecified atom stereocenters. The number of hydrogen-bond acceptors (Lipinski definition) is 6. The maximum absolute atomic E-state index is 12.9. The highest BCUT2D eigenvalue weighted by Crippen LogP contribution is 2.44. The van der Waals surface area contributed by atoms with E-state index in [1.54, 1.807) is 34.6 Å². The third kappa shape index (κ3) is 7.34. The lowest BCUT2D eigenvalue weighted by Gasteiger charge is -2.24. The second-order valence-electron chi connectivity index (χ2n) is 10.7. The first-order valence-corrected chi connectivity index (χ1v) is 12.7. The lowest BCUT2D eigenvalue weighted by atomic mass is 9.98. The number of ether oxygens (including phenoxy) is 2. The van der Waals surface area contributed by atoms with Crippen molar-refractivity contribution in [2.45, 2.75) is 71.1 Å². The Bertz CT molecular complexity index is 1140. The first kappa shape index (κ1) is 28.7. The van der Waals surface area contributed by atoms with Crippen LogP contribution in [0.25, 0.3) is 11.1 Å². The normalized spacial score (nSPS) is 14.2. The number of aliphatic carboxylic acids is 1. The molecule has 3 N–H and O–H groups in total. The van der Waals surface area contributed by atoms with Gasteiger partial charge >= 0.3 is 18.0 Å². The number of amides is 2. The summed E-state index contributed by atoms with van der Waals surface area (Å²) < 4.78 is 10.7. The largest absolute Gasteiger partial charge is 0.480 e. The zero-order valence-electron chi connectivity index (χ0n) is 22.4. The number of benzene rings is 2. The molecule has 0 aliphatic heterocycles. The van der Waals surface area contributed by atoms with Crippen LogP contribution in [0.2, 0.25) is 0 Å². The second-order valence-corrected chi connectivity index (χ2v) is 10.7. The van der Waals surface area contributed by atoms with Gasteiger partial charge in [-0.15, -0.1) is 0 Å². The molecule has 0 saturated carbocycles. The first-order chi connectivity index (χ1) is 17.9. The van der Waals surface area contributed by atoms with Gasteiger partial charge in [0.15, 0.2) is 0 Å². The van der Waals surface area contributed by atoms with E-state index in [1.165, 1.54) is 0 Å². The highest BCUT2D eigenvalue weighted by Gasteiger charge is 2.32. The summed E-state index contributed by atoms with van der Waals surface area (Å²) in [6.07, 6.45) is -1.10. The van der Waals surface area contributed by atoms with Crippen LogP contribution in [0.1, 0.15) is 64.5 Å². The smallest absolute Gasteiger partial charge is 0.407 e. The molecule has 0 fully saturated rings. The Balaban J connectivity index is 1.60. The lowest BCUT2D eigenvalue weighted by molar-refractivity contribution is -0.155. The van der Waals surface area contributed by atoms with E-state index in [1.807, 2.05) is 48.5 Å². The Morgan fingerprint density at radius 2 is 1.47 bits per heavy atom. The van der Waals surface area contributed by atoms with Crippen LogP contribution in [-0.2, 0) is 23.9 Å². The highest BCUT2D eigenvalue weighted by atomic mass is 16.6. The fraction of sp³-hybridized carbons (Fsp3) is 0.448. The monoisotopic (exact) mass is 524 g/mol. The maximum atomic E-state index is 12.9. The van der Waals surface area contributed by atoms with Crippen molar-refractivity contribution in [1.82, 2.24) is 10.6 Å². The molecule has 204 valence electrons. The van der Waals surface area contributed by atoms with E-state index >= 15 is 0 Å². The van der Waals surface area contributed by atoms with Crippen molar-refractivity contribution < 1.29 is 33.8 Å². The molecular weight excluding hydrogens is 488 g/mol. The molecule has 9 nitrogen and oxygen atoms in total. The summed E-state index contributed by atoms with van der Waals surface area (Å²) in [5.41, 5.74) is 3.63. The van der Waals surface area contributed by atoms with E-state index in [-0.39, 0.29) is 31.3 Å². The third-order valence-corrected chi connectivity index (χ3v) is 6.24. The molecule has 0 aromatic heterocycles. The number of rotatable bonds is 10. The molecule has 38 heavy (non-hydrogen) atoms. The summed E-state index contributed by atoms with van der Waals surface area (Å²) in [5.74, 6) is -3.01. The Morgan fingerprint density at radius 1 is 0.921 bits per heavy atom. The number of carbonyl (C=O) groups is 4. The molecule has 2 aromatic carbocycles. The van der Waals surface area contributed by atoms with Gasteiger partial charge in [-0.05, 0) is 55.4 Å². The van der Waals surface area contributed by atoms with Gasteiger partial charge < -0.3 is 25.2 Å². The minimum Gasteiger partial charge on any atom is -0.480 e. The van der Waals surface area contributed by atoms with Gasteiger partial charge in [0.1, 0.15) is 24.3 Å². The summed E-state index contributed by atoms with van der Waals surface area (Å²) in [7, 11) is 0. The lowest BCUT2D eigenvalue weighted by Crippen LogP contribution is -2.54. The van der Waals surface area contributed by atoms with Crippen LogP contribution in [0, 0.1) is 5.92 Å². The molecule has 0 heterocycles. The predicted molar refractivity (Wildman–Crippen MR) is 141 cm³/mol. The maximum Gasteiger partial charge on any atom is 0.407 e. The van der Waals surface area contributed by atoms with Gasteiger partial charge in [0.25, 0.3) is 0 Å². The zero-order chi connectivity index (χ0) is 28.0. The number of carbonyl (C=O) groups excluding carboxylic acids is 3. The standard InChI is InChI=1S/C29H36N2O7/c1-17(2)25(26(33)30-23(27(34)35)14-15-24(32)38-29(3,4)5)31-28(36)37-16-22-20-12-8-6-10-18(20)19-11-7-9-13-21(19)22/h6-13,17,22-23,25H,14-16H2,1-5H3,(H,30,33)(H,31,36)(H,34,35)/t23-,25-/m0/s1. The van der Waals surface area contributed by atoms with Crippen LogP contribution in [0.3, 0.4) is 0 Å². The predicted octanol–water partition coefficient (Wildman–Crippen LogP) is 4.24. The number of carboxylic acid groups (broad SMARTS) is 1. The number of esters is 1. The van der Waals surface area contributed by atoms with Crippen LogP contribution in [0.15, 0.2) is 48.5 Å². The summed E-state index contributed by atoms with van der Waals surface area (Å²) in [6.45, 7) is 8.67. The molecule has 9 heteroatoms. The molecule has 3 rings (SSSR count). The van der Waals surface area contributed by atoms with Crippen molar-refractivity contribution in [3.05, 3.63) is 59.7 Å². The molecule has 2 amide bonds. The Kier molecular flexibility index (Phi) is 9.14. The molecule has 0 bridgehead atoms. The quantitative estimate of drug-likeness (QED) is 0.396. The van der Waals surface area contributed by atoms with Crippen LogP contribution < -0.4 is 10.6 Å². The third-order valence-electron chi connectivity index (χ3n) is 6.24. The van der Waals surface area contributed by atoms with E-state index in [4.69, 9.17) is 9.47 Å². The van der Waals surface area contributed by atoms with Crippen LogP contribution >= 0.6 is 0 Å². The van der Waals surface area contributed by atoms with Crippen molar-refractivity contribution in [2.24, 2.45) is 5.92 Å². The first-order valence-electron chi connectivity index (χ1n) is 12.7. The second kappa shape index (κ2) is 12.1. The van der Waals surface area contributed by atoms with Crippen LogP contribution in [0.4, 0.5) is 4.79 Å². The number of alkyl carbamates (subject to hydrolysis) is 1. The van der Waals surface area contributed by atoms with Crippen molar-refractivity contribution in [2.75, 3.05) is 6.61 Å². The average Bonchev–Trinajstić information content (AvgIpc) is 3.16. The van der Waals surface area contributed by atoms with Gasteiger partial charge in [0.05, 0.1) is 0 Å². The van der Waals surface area contributed by atoms with Gasteiger partial charge in [0.2, 0.25) is 5.91 Å². The summed E-state index contributed by atoms with van der Waals surface area (Å²) in [5, 5.41) is 14.6. The van der Waals surface area contributed by atoms with Crippen LogP contribution in [-0.4, -0.2) is 53.3 Å². The van der Waals surface area contributed by atoms with Gasteiger partial charge in [-0.2, -0.15) is 0 Å². The van der Waals surface area contributed by atoms with Gasteiger partial charge in [-0.1, -0.05) is 62.4 Å². The SMILES string of the molecule is CC(C)[C@H](NC(=O)OCC1c2ccccc2-c2ccccc21)C(=O)N[C@@H](CCC(=O)OC(C)(C)C)C(=O)O. The van der Waals surface area contributed by atoms with E-state index < -0.39 is 41.6 Å². The molecular formula is C29H36N2O7. The molecule has 2 atom stereocenters. The van der Waals surface area contributed by atoms with Crippen molar-refractivity contribution in [1.29, 1.82) is 0 Å². The number of nitrogens with one attached hydrogen (secondary N) is 2. The summed E-state index contributed by atoms with van der Waals surface area (Å²) in [4.78, 5) is 49.4. The van der Waals surface area contributed by atoms with Gasteiger partial charge in [-0.25, -0.2) is 9.59 Å². The molecule has 2 aromatic rings. The molecule has 0 spiro atoms. The van der Waals surface area contributed by atoms with E-state index in [9.17, 15) is 24.3 Å². The van der Waals surface area contributed by atoms with Gasteiger partial charge in [-0.3, -0.25) is 9.59 Å². The van der Waals surface area contributed by atoms with Crippen LogP contribution in [0.5, 0.6) is 0 Å². The van der Waals surface area contributed by atoms with Crippen molar-refractivity contribution >= 4 is 23.9 Å². The zero-order valence-corrected chi connectivity index (χ0v) is 22.4. The fourth-order valence-corrected chi connectivity index (χ4v) is 4.48. The van der Waals surface area contributed by atoms with Gasteiger partial charge in [0, 0.05) is 12.3 Å². The number of hydrogen-bond donors (Lipinski definition) is 3. The minimum absolute atomic E-state index is 0.0833. The molecule has 0 saturated heterocycles. The van der Waals surface area contributed by atoms with E-state index in [0.717, 1.165) is 22.3 Å². The molecule has 0 radical (unpaired) electrons. The van der Waals surface area contributed by atoms with Crippen molar-refractivity contribution in [3.63, 3.8) is 0 Å². The fourth-order valence-electron chi connectivity index (χ4n) is 4.48. The van der Waals surface area contributed by atoms with Crippen molar-refractivity contribution in [3.8, 4) is 11.1 Å². The topological polar surface area (TPSA) is 131 Å². The minimum atomic E-state index is -1.32. The summed E-state index contributed by atoms with van der Waals surface area (Å²) >= 11 is 0. The molecule has 1 aliphatic rings. The Hall–Kier alpha value is -3.88. The number of fused-ring (bicyclic) bond motifs is 3. The Morgan fingerprint density at radius 3 is 1.97 bits per heavy atom. The van der Waals surface area contributed by atoms with E-state index in [2.05, 4.69) is 10.6 Å². The molecule has 1 aliphatic carbocycles.